The summed E-state index contributed by atoms with van der Waals surface area (Å²) >= 11 is 0. The zero-order valence-corrected chi connectivity index (χ0v) is 14.2. The molecule has 2 N–H and O–H groups in total. The third-order valence-corrected chi connectivity index (χ3v) is 4.60. The summed E-state index contributed by atoms with van der Waals surface area (Å²) in [5.74, 6) is 0.366. The molecule has 1 heterocycles. The van der Waals surface area contributed by atoms with Crippen LogP contribution >= 0.6 is 0 Å². The van der Waals surface area contributed by atoms with Crippen LogP contribution < -0.4 is 10.0 Å². The molecule has 0 fully saturated rings. The molecule has 0 radical (unpaired) electrons. The fourth-order valence-corrected chi connectivity index (χ4v) is 2.89. The van der Waals surface area contributed by atoms with Gasteiger partial charge in [-0.25, -0.2) is 13.1 Å². The van der Waals surface area contributed by atoms with Crippen molar-refractivity contribution in [2.75, 3.05) is 6.54 Å². The molecule has 2 aromatic rings. The summed E-state index contributed by atoms with van der Waals surface area (Å²) in [6.07, 6.45) is 5.42. The van der Waals surface area contributed by atoms with E-state index in [9.17, 15) is 13.2 Å². The second kappa shape index (κ2) is 8.47. The molecule has 0 aliphatic heterocycles. The number of hydrogen-bond acceptors (Lipinski definition) is 4. The summed E-state index contributed by atoms with van der Waals surface area (Å²) in [7, 11) is -3.61. The number of carbonyl (C=O) groups is 1. The molecule has 1 aromatic heterocycles. The molecule has 0 spiro atoms. The minimum Gasteiger partial charge on any atom is -0.468 e. The lowest BCUT2D eigenvalue weighted by molar-refractivity contribution is -0.116. The molecule has 0 aliphatic carbocycles. The smallest absolute Gasteiger partial charge is 0.243 e. The van der Waals surface area contributed by atoms with E-state index >= 15 is 0 Å². The van der Waals surface area contributed by atoms with Gasteiger partial charge < -0.3 is 9.73 Å². The summed E-state index contributed by atoms with van der Waals surface area (Å²) < 4.78 is 31.9. The maximum Gasteiger partial charge on any atom is 0.243 e. The van der Waals surface area contributed by atoms with E-state index in [1.165, 1.54) is 24.5 Å². The van der Waals surface area contributed by atoms with Gasteiger partial charge in [-0.1, -0.05) is 19.1 Å². The van der Waals surface area contributed by atoms with Gasteiger partial charge in [0.2, 0.25) is 15.9 Å². The van der Waals surface area contributed by atoms with Crippen molar-refractivity contribution >= 4 is 22.0 Å². The number of hydrogen-bond donors (Lipinski definition) is 2. The van der Waals surface area contributed by atoms with Crippen LogP contribution in [0.2, 0.25) is 0 Å². The summed E-state index contributed by atoms with van der Waals surface area (Å²) in [6.45, 7) is 2.69. The van der Waals surface area contributed by atoms with E-state index in [0.717, 1.165) is 12.0 Å². The van der Waals surface area contributed by atoms with Gasteiger partial charge in [-0.15, -0.1) is 0 Å². The highest BCUT2D eigenvalue weighted by atomic mass is 32.2. The van der Waals surface area contributed by atoms with Crippen molar-refractivity contribution in [2.24, 2.45) is 0 Å². The number of amides is 1. The Bertz CT molecular complexity index is 779. The van der Waals surface area contributed by atoms with Crippen molar-refractivity contribution in [1.29, 1.82) is 0 Å². The van der Waals surface area contributed by atoms with E-state index < -0.39 is 10.0 Å². The van der Waals surface area contributed by atoms with Gasteiger partial charge in [0.25, 0.3) is 0 Å². The molecule has 1 aromatic carbocycles. The highest BCUT2D eigenvalue weighted by Gasteiger charge is 2.13. The molecule has 0 unspecified atom stereocenters. The molecule has 0 saturated carbocycles. The van der Waals surface area contributed by atoms with Crippen molar-refractivity contribution in [1.82, 2.24) is 10.0 Å². The third-order valence-electron chi connectivity index (χ3n) is 3.18. The van der Waals surface area contributed by atoms with Crippen LogP contribution in [0.3, 0.4) is 0 Å². The first kappa shape index (κ1) is 18.0. The van der Waals surface area contributed by atoms with Crippen LogP contribution in [0.4, 0.5) is 0 Å². The van der Waals surface area contributed by atoms with Crippen molar-refractivity contribution in [3.63, 3.8) is 0 Å². The van der Waals surface area contributed by atoms with Crippen LogP contribution in [0.15, 0.2) is 58.1 Å². The average molecular weight is 348 g/mol. The Morgan fingerprint density at radius 2 is 1.96 bits per heavy atom. The molecule has 7 heteroatoms. The minimum absolute atomic E-state index is 0.0919. The quantitative estimate of drug-likeness (QED) is 0.717. The Balaban J connectivity index is 1.97. The predicted octanol–water partition coefficient (Wildman–Crippen LogP) is 2.30. The summed E-state index contributed by atoms with van der Waals surface area (Å²) in [5, 5.41) is 2.73. The summed E-state index contributed by atoms with van der Waals surface area (Å²) in [4.78, 5) is 11.6. The average Bonchev–Trinajstić information content (AvgIpc) is 3.10. The summed E-state index contributed by atoms with van der Waals surface area (Å²) in [5.41, 5.74) is 0.742. The number of sulfonamides is 1. The Hall–Kier alpha value is -2.38. The van der Waals surface area contributed by atoms with E-state index in [-0.39, 0.29) is 17.3 Å². The van der Waals surface area contributed by atoms with Crippen molar-refractivity contribution in [2.45, 2.75) is 24.8 Å². The van der Waals surface area contributed by atoms with Gasteiger partial charge >= 0.3 is 0 Å². The molecule has 0 saturated heterocycles. The SMILES string of the molecule is CCCNC(=O)/C=C/c1ccc(S(=O)(=O)NCc2ccco2)cc1. The highest BCUT2D eigenvalue weighted by molar-refractivity contribution is 7.89. The van der Waals surface area contributed by atoms with Crippen LogP contribution in [-0.2, 0) is 21.4 Å². The minimum atomic E-state index is -3.61. The molecule has 0 bridgehead atoms. The van der Waals surface area contributed by atoms with Crippen LogP contribution in [0, 0.1) is 0 Å². The molecule has 128 valence electrons. The van der Waals surface area contributed by atoms with E-state index in [1.54, 1.807) is 30.3 Å². The Kier molecular flexibility index (Phi) is 6.34. The van der Waals surface area contributed by atoms with Crippen molar-refractivity contribution in [3.8, 4) is 0 Å². The van der Waals surface area contributed by atoms with Crippen LogP contribution in [0.25, 0.3) is 6.08 Å². The first-order valence-corrected chi connectivity index (χ1v) is 9.07. The van der Waals surface area contributed by atoms with Gasteiger partial charge in [0.15, 0.2) is 0 Å². The van der Waals surface area contributed by atoms with E-state index in [2.05, 4.69) is 10.0 Å². The second-order valence-electron chi connectivity index (χ2n) is 5.10. The second-order valence-corrected chi connectivity index (χ2v) is 6.86. The molecule has 0 aliphatic rings. The highest BCUT2D eigenvalue weighted by Crippen LogP contribution is 2.12. The first-order chi connectivity index (χ1) is 11.5. The Labute approximate surface area is 141 Å². The lowest BCUT2D eigenvalue weighted by Gasteiger charge is -2.05. The van der Waals surface area contributed by atoms with Gasteiger partial charge in [0.1, 0.15) is 5.76 Å². The summed E-state index contributed by atoms with van der Waals surface area (Å²) in [6, 6.07) is 9.67. The maximum absolute atomic E-state index is 12.2. The van der Waals surface area contributed by atoms with Gasteiger partial charge in [0.05, 0.1) is 17.7 Å². The number of rotatable bonds is 8. The van der Waals surface area contributed by atoms with E-state index in [1.807, 2.05) is 6.92 Å². The standard InChI is InChI=1S/C17H20N2O4S/c1-2-11-18-17(20)10-7-14-5-8-16(9-6-14)24(21,22)19-13-15-4-3-12-23-15/h3-10,12,19H,2,11,13H2,1H3,(H,18,20)/b10-7+. The topological polar surface area (TPSA) is 88.4 Å². The lowest BCUT2D eigenvalue weighted by atomic mass is 10.2. The molecular formula is C17H20N2O4S. The first-order valence-electron chi connectivity index (χ1n) is 7.59. The van der Waals surface area contributed by atoms with Crippen molar-refractivity contribution < 1.29 is 17.6 Å². The van der Waals surface area contributed by atoms with Crippen LogP contribution in [0.5, 0.6) is 0 Å². The maximum atomic E-state index is 12.2. The van der Waals surface area contributed by atoms with Crippen LogP contribution in [0.1, 0.15) is 24.7 Å². The normalized spacial score (nSPS) is 11.7. The molecule has 1 amide bonds. The van der Waals surface area contributed by atoms with E-state index in [4.69, 9.17) is 4.42 Å². The van der Waals surface area contributed by atoms with Gasteiger partial charge in [-0.05, 0) is 42.3 Å². The zero-order chi connectivity index (χ0) is 17.4. The van der Waals surface area contributed by atoms with Gasteiger partial charge in [-0.2, -0.15) is 0 Å². The fourth-order valence-electron chi connectivity index (χ4n) is 1.90. The molecular weight excluding hydrogens is 328 g/mol. The largest absolute Gasteiger partial charge is 0.468 e. The van der Waals surface area contributed by atoms with Crippen molar-refractivity contribution in [3.05, 3.63) is 60.1 Å². The zero-order valence-electron chi connectivity index (χ0n) is 13.4. The van der Waals surface area contributed by atoms with Gasteiger partial charge in [0, 0.05) is 12.6 Å². The Morgan fingerprint density at radius 1 is 1.21 bits per heavy atom. The molecule has 6 nitrogen and oxygen atoms in total. The third kappa shape index (κ3) is 5.36. The van der Waals surface area contributed by atoms with Gasteiger partial charge in [-0.3, -0.25) is 4.79 Å². The van der Waals surface area contributed by atoms with E-state index in [0.29, 0.717) is 12.3 Å². The monoisotopic (exact) mass is 348 g/mol. The Morgan fingerprint density at radius 3 is 2.58 bits per heavy atom. The lowest BCUT2D eigenvalue weighted by Crippen LogP contribution is -2.23. The molecule has 24 heavy (non-hydrogen) atoms. The fraction of sp³-hybridized carbons (Fsp3) is 0.235. The predicted molar refractivity (Wildman–Crippen MR) is 91.5 cm³/mol. The number of furan rings is 1. The molecule has 0 atom stereocenters. The number of benzene rings is 1. The molecule has 2 rings (SSSR count). The van der Waals surface area contributed by atoms with Crippen LogP contribution in [-0.4, -0.2) is 20.9 Å². The number of nitrogens with one attached hydrogen (secondary N) is 2. The number of carbonyl (C=O) groups excluding carboxylic acids is 1.